The molecule has 0 fully saturated rings. The summed E-state index contributed by atoms with van der Waals surface area (Å²) in [7, 11) is 0. The second-order valence-corrected chi connectivity index (χ2v) is 7.59. The Hall–Kier alpha value is -2.61. The zero-order valence-electron chi connectivity index (χ0n) is 15.5. The second kappa shape index (κ2) is 8.85. The van der Waals surface area contributed by atoms with E-state index in [4.69, 9.17) is 10.2 Å². The fourth-order valence-corrected chi connectivity index (χ4v) is 3.45. The maximum atomic E-state index is 11.1. The van der Waals surface area contributed by atoms with Gasteiger partial charge >= 0.3 is 0 Å². The molecule has 1 amide bonds. The largest absolute Gasteiger partial charge is 0.440 e. The van der Waals surface area contributed by atoms with Gasteiger partial charge in [-0.15, -0.1) is 10.2 Å². The van der Waals surface area contributed by atoms with Gasteiger partial charge in [-0.05, 0) is 5.92 Å². The van der Waals surface area contributed by atoms with Crippen LogP contribution >= 0.6 is 11.8 Å². The molecule has 2 heterocycles. The summed E-state index contributed by atoms with van der Waals surface area (Å²) in [5, 5.41) is 9.32. The molecule has 3 rings (SSSR count). The number of carbonyl (C=O) groups excluding carboxylic acids is 1. The lowest BCUT2D eigenvalue weighted by molar-refractivity contribution is -0.118. The standard InChI is InChI=1S/C19H23N5O2S/c1-13(2)11-24-17(9-8-16(20)25)22-23-19(24)27-12-18-21-10-15(26-18)14-6-4-3-5-7-14/h3-7,10,13H,8-9,11-12H2,1-2H3,(H2,20,25). The van der Waals surface area contributed by atoms with Crippen molar-refractivity contribution < 1.29 is 9.21 Å². The number of rotatable bonds is 9. The Kier molecular flexibility index (Phi) is 6.28. The minimum Gasteiger partial charge on any atom is -0.440 e. The maximum Gasteiger partial charge on any atom is 0.217 e. The third kappa shape index (κ3) is 5.19. The van der Waals surface area contributed by atoms with Crippen molar-refractivity contribution in [3.63, 3.8) is 0 Å². The number of thioether (sulfide) groups is 1. The molecule has 0 saturated carbocycles. The summed E-state index contributed by atoms with van der Waals surface area (Å²) < 4.78 is 7.90. The van der Waals surface area contributed by atoms with Gasteiger partial charge in [-0.2, -0.15) is 0 Å². The first kappa shape index (κ1) is 19.2. The van der Waals surface area contributed by atoms with Crippen molar-refractivity contribution in [1.29, 1.82) is 0 Å². The normalized spacial score (nSPS) is 11.2. The lowest BCUT2D eigenvalue weighted by Crippen LogP contribution is -2.15. The van der Waals surface area contributed by atoms with E-state index in [9.17, 15) is 4.79 Å². The Bertz CT molecular complexity index is 889. The van der Waals surface area contributed by atoms with Crippen molar-refractivity contribution in [2.24, 2.45) is 11.7 Å². The number of nitrogens with zero attached hydrogens (tertiary/aromatic N) is 4. The van der Waals surface area contributed by atoms with E-state index in [-0.39, 0.29) is 12.3 Å². The van der Waals surface area contributed by atoms with E-state index in [0.717, 1.165) is 28.8 Å². The number of carbonyl (C=O) groups is 1. The zero-order chi connectivity index (χ0) is 19.2. The number of hydrogen-bond donors (Lipinski definition) is 1. The van der Waals surface area contributed by atoms with Gasteiger partial charge in [0.15, 0.2) is 10.9 Å². The maximum absolute atomic E-state index is 11.1. The molecule has 2 N–H and O–H groups in total. The van der Waals surface area contributed by atoms with Gasteiger partial charge in [0, 0.05) is 24.9 Å². The number of amides is 1. The summed E-state index contributed by atoms with van der Waals surface area (Å²) in [5.41, 5.74) is 6.26. The molecule has 0 spiro atoms. The number of oxazole rings is 1. The molecule has 2 aromatic heterocycles. The lowest BCUT2D eigenvalue weighted by atomic mass is 10.2. The van der Waals surface area contributed by atoms with E-state index in [1.54, 1.807) is 6.20 Å². The van der Waals surface area contributed by atoms with Gasteiger partial charge in [-0.25, -0.2) is 4.98 Å². The Morgan fingerprint density at radius 1 is 1.26 bits per heavy atom. The van der Waals surface area contributed by atoms with E-state index >= 15 is 0 Å². The van der Waals surface area contributed by atoms with E-state index in [1.807, 2.05) is 30.3 Å². The molecule has 0 aliphatic carbocycles. The van der Waals surface area contributed by atoms with Crippen LogP contribution in [-0.4, -0.2) is 25.7 Å². The van der Waals surface area contributed by atoms with Crippen LogP contribution in [0.15, 0.2) is 46.1 Å². The smallest absolute Gasteiger partial charge is 0.217 e. The molecular weight excluding hydrogens is 362 g/mol. The summed E-state index contributed by atoms with van der Waals surface area (Å²) >= 11 is 1.52. The first-order valence-corrected chi connectivity index (χ1v) is 9.84. The number of aryl methyl sites for hydroxylation is 1. The molecule has 0 aliphatic rings. The van der Waals surface area contributed by atoms with Crippen LogP contribution in [0.5, 0.6) is 0 Å². The minimum absolute atomic E-state index is 0.265. The predicted molar refractivity (Wildman–Crippen MR) is 104 cm³/mol. The zero-order valence-corrected chi connectivity index (χ0v) is 16.3. The molecule has 0 radical (unpaired) electrons. The summed E-state index contributed by atoms with van der Waals surface area (Å²) in [6.07, 6.45) is 2.50. The Labute approximate surface area is 162 Å². The molecular formula is C19H23N5O2S. The van der Waals surface area contributed by atoms with Crippen molar-refractivity contribution in [2.45, 2.75) is 44.1 Å². The predicted octanol–water partition coefficient (Wildman–Crippen LogP) is 3.30. The molecule has 142 valence electrons. The first-order valence-electron chi connectivity index (χ1n) is 8.86. The van der Waals surface area contributed by atoms with Crippen LogP contribution in [-0.2, 0) is 23.5 Å². The van der Waals surface area contributed by atoms with Crippen molar-refractivity contribution in [1.82, 2.24) is 19.7 Å². The minimum atomic E-state index is -0.337. The number of benzene rings is 1. The molecule has 27 heavy (non-hydrogen) atoms. The SMILES string of the molecule is CC(C)Cn1c(CCC(N)=O)nnc1SCc1ncc(-c2ccccc2)o1. The lowest BCUT2D eigenvalue weighted by Gasteiger charge is -2.11. The molecule has 1 aromatic carbocycles. The molecule has 8 heteroatoms. The van der Waals surface area contributed by atoms with Crippen molar-refractivity contribution in [2.75, 3.05) is 0 Å². The van der Waals surface area contributed by atoms with Crippen LogP contribution in [0.4, 0.5) is 0 Å². The summed E-state index contributed by atoms with van der Waals surface area (Å²) in [4.78, 5) is 15.4. The third-order valence-electron chi connectivity index (χ3n) is 3.87. The van der Waals surface area contributed by atoms with Gasteiger partial charge in [-0.1, -0.05) is 55.9 Å². The van der Waals surface area contributed by atoms with E-state index in [0.29, 0.717) is 24.0 Å². The first-order chi connectivity index (χ1) is 13.0. The molecule has 3 aromatic rings. The van der Waals surface area contributed by atoms with E-state index < -0.39 is 0 Å². The topological polar surface area (TPSA) is 99.8 Å². The molecule has 0 bridgehead atoms. The van der Waals surface area contributed by atoms with Crippen LogP contribution in [0.1, 0.15) is 32.0 Å². The van der Waals surface area contributed by atoms with E-state index in [1.165, 1.54) is 11.8 Å². The number of aromatic nitrogens is 4. The average molecular weight is 385 g/mol. The van der Waals surface area contributed by atoms with Crippen LogP contribution in [0, 0.1) is 5.92 Å². The number of primary amides is 1. The fourth-order valence-electron chi connectivity index (χ4n) is 2.63. The molecule has 0 saturated heterocycles. The van der Waals surface area contributed by atoms with E-state index in [2.05, 4.69) is 33.6 Å². The van der Waals surface area contributed by atoms with Crippen molar-refractivity contribution in [3.05, 3.63) is 48.2 Å². The molecule has 0 aliphatic heterocycles. The molecule has 0 atom stereocenters. The van der Waals surface area contributed by atoms with Crippen LogP contribution in [0.25, 0.3) is 11.3 Å². The highest BCUT2D eigenvalue weighted by atomic mass is 32.2. The summed E-state index contributed by atoms with van der Waals surface area (Å²) in [6, 6.07) is 9.87. The van der Waals surface area contributed by atoms with Crippen molar-refractivity contribution >= 4 is 17.7 Å². The van der Waals surface area contributed by atoms with Gasteiger partial charge in [0.05, 0.1) is 11.9 Å². The number of hydrogen-bond acceptors (Lipinski definition) is 6. The molecule has 7 nitrogen and oxygen atoms in total. The van der Waals surface area contributed by atoms with Gasteiger partial charge < -0.3 is 14.7 Å². The quantitative estimate of drug-likeness (QED) is 0.567. The van der Waals surface area contributed by atoms with Gasteiger partial charge in [0.25, 0.3) is 0 Å². The summed E-state index contributed by atoms with van der Waals surface area (Å²) in [5.74, 6) is 2.81. The monoisotopic (exact) mass is 385 g/mol. The summed E-state index contributed by atoms with van der Waals surface area (Å²) in [6.45, 7) is 5.04. The van der Waals surface area contributed by atoms with Gasteiger partial charge in [0.2, 0.25) is 11.8 Å². The highest BCUT2D eigenvalue weighted by Gasteiger charge is 2.16. The Morgan fingerprint density at radius 2 is 2.04 bits per heavy atom. The Balaban J connectivity index is 1.70. The average Bonchev–Trinajstić information content (AvgIpc) is 3.26. The van der Waals surface area contributed by atoms with Gasteiger partial charge in [0.1, 0.15) is 5.82 Å². The highest BCUT2D eigenvalue weighted by molar-refractivity contribution is 7.98. The molecule has 0 unspecified atom stereocenters. The van der Waals surface area contributed by atoms with Crippen LogP contribution in [0.3, 0.4) is 0 Å². The van der Waals surface area contributed by atoms with Crippen molar-refractivity contribution in [3.8, 4) is 11.3 Å². The fraction of sp³-hybridized carbons (Fsp3) is 0.368. The van der Waals surface area contributed by atoms with Crippen LogP contribution in [0.2, 0.25) is 0 Å². The van der Waals surface area contributed by atoms with Crippen LogP contribution < -0.4 is 5.73 Å². The number of nitrogens with two attached hydrogens (primary N) is 1. The Morgan fingerprint density at radius 3 is 2.74 bits per heavy atom. The third-order valence-corrected chi connectivity index (χ3v) is 4.82. The van der Waals surface area contributed by atoms with Gasteiger partial charge in [-0.3, -0.25) is 4.79 Å². The highest BCUT2D eigenvalue weighted by Crippen LogP contribution is 2.26. The second-order valence-electron chi connectivity index (χ2n) is 6.64.